The van der Waals surface area contributed by atoms with Crippen molar-refractivity contribution in [2.45, 2.75) is 39.2 Å². The molecule has 9 heteroatoms. The summed E-state index contributed by atoms with van der Waals surface area (Å²) in [4.78, 5) is 11.2. The van der Waals surface area contributed by atoms with Crippen molar-refractivity contribution >= 4 is 27.6 Å². The van der Waals surface area contributed by atoms with Gasteiger partial charge in [-0.1, -0.05) is 0 Å². The molecule has 1 aromatic carbocycles. The molecule has 1 aromatic heterocycles. The molecule has 3 rings (SSSR count). The summed E-state index contributed by atoms with van der Waals surface area (Å²) in [5.41, 5.74) is 0.823. The van der Waals surface area contributed by atoms with Gasteiger partial charge in [-0.2, -0.15) is 0 Å². The van der Waals surface area contributed by atoms with E-state index in [0.717, 1.165) is 49.1 Å². The van der Waals surface area contributed by atoms with Crippen molar-refractivity contribution in [1.29, 1.82) is 0 Å². The lowest BCUT2D eigenvalue weighted by atomic mass is 9.93. The van der Waals surface area contributed by atoms with Gasteiger partial charge in [0.15, 0.2) is 11.5 Å². The zero-order valence-electron chi connectivity index (χ0n) is 16.6. The Morgan fingerprint density at radius 3 is 2.61 bits per heavy atom. The highest BCUT2D eigenvalue weighted by Crippen LogP contribution is 2.36. The molecule has 0 saturated carbocycles. The molecule has 0 bridgehead atoms. The predicted molar refractivity (Wildman–Crippen MR) is 110 cm³/mol. The van der Waals surface area contributed by atoms with Crippen LogP contribution in [0.1, 0.15) is 33.1 Å². The molecule has 1 aliphatic rings. The zero-order chi connectivity index (χ0) is 20.1. The molecule has 0 radical (unpaired) electrons. The third-order valence-electron chi connectivity index (χ3n) is 4.97. The first-order valence-electron chi connectivity index (χ1n) is 9.60. The standard InChI is InChI=1S/C19H28N4O4S/c1-13(2)27-18-10-15-16(11-17(18)26-3)20-12-21-19(15)23-8-5-14(6-9-23)4-7-22-28(24)25/h10-14,28H,4-9H2,1-3H3,(H,22,24,25). The minimum Gasteiger partial charge on any atom is -0.493 e. The maximum atomic E-state index is 10.6. The van der Waals surface area contributed by atoms with E-state index in [9.17, 15) is 8.42 Å². The average molecular weight is 409 g/mol. The molecule has 28 heavy (non-hydrogen) atoms. The van der Waals surface area contributed by atoms with Gasteiger partial charge in [0.05, 0.1) is 18.7 Å². The number of nitrogens with zero attached hydrogens (tertiary/aromatic N) is 3. The number of hydrogen-bond acceptors (Lipinski definition) is 7. The highest BCUT2D eigenvalue weighted by atomic mass is 32.2. The molecule has 0 unspecified atom stereocenters. The van der Waals surface area contributed by atoms with E-state index in [-0.39, 0.29) is 6.10 Å². The van der Waals surface area contributed by atoms with Crippen LogP contribution in [0.5, 0.6) is 11.5 Å². The summed E-state index contributed by atoms with van der Waals surface area (Å²) in [7, 11) is -0.882. The van der Waals surface area contributed by atoms with E-state index >= 15 is 0 Å². The Kier molecular flexibility index (Phi) is 6.90. The number of anilines is 1. The molecule has 154 valence electrons. The molecule has 1 fully saturated rings. The molecular weight excluding hydrogens is 380 g/mol. The first kappa shape index (κ1) is 20.6. The summed E-state index contributed by atoms with van der Waals surface area (Å²) in [6, 6.07) is 3.85. The second-order valence-electron chi connectivity index (χ2n) is 7.27. The van der Waals surface area contributed by atoms with Gasteiger partial charge in [0.2, 0.25) is 10.9 Å². The molecule has 0 aliphatic carbocycles. The van der Waals surface area contributed by atoms with Crippen LogP contribution >= 0.6 is 0 Å². The SMILES string of the molecule is COc1cc2ncnc(N3CCC(CCN[SH](=O)=O)CC3)c2cc1OC(C)C. The summed E-state index contributed by atoms with van der Waals surface area (Å²) in [6.45, 7) is 6.23. The van der Waals surface area contributed by atoms with Crippen LogP contribution in [0, 0.1) is 5.92 Å². The predicted octanol–water partition coefficient (Wildman–Crippen LogP) is 2.15. The molecule has 8 nitrogen and oxygen atoms in total. The van der Waals surface area contributed by atoms with Crippen molar-refractivity contribution in [1.82, 2.24) is 14.7 Å². The van der Waals surface area contributed by atoms with E-state index < -0.39 is 10.9 Å². The maximum absolute atomic E-state index is 10.6. The Hall–Kier alpha value is -2.13. The Labute approximate surface area is 167 Å². The number of benzene rings is 1. The number of methoxy groups -OCH3 is 1. The number of piperidine rings is 1. The van der Waals surface area contributed by atoms with Gasteiger partial charge >= 0.3 is 0 Å². The highest BCUT2D eigenvalue weighted by Gasteiger charge is 2.22. The van der Waals surface area contributed by atoms with Gasteiger partial charge in [0.25, 0.3) is 0 Å². The second-order valence-corrected chi connectivity index (χ2v) is 8.10. The van der Waals surface area contributed by atoms with Gasteiger partial charge in [-0.25, -0.2) is 23.1 Å². The molecule has 0 atom stereocenters. The quantitative estimate of drug-likeness (QED) is 0.647. The lowest BCUT2D eigenvalue weighted by molar-refractivity contribution is 0.230. The number of ether oxygens (including phenoxy) is 2. The maximum Gasteiger partial charge on any atom is 0.201 e. The van der Waals surface area contributed by atoms with Gasteiger partial charge in [0.1, 0.15) is 12.1 Å². The minimum absolute atomic E-state index is 0.0352. The molecule has 1 saturated heterocycles. The highest BCUT2D eigenvalue weighted by molar-refractivity contribution is 7.70. The first-order valence-corrected chi connectivity index (χ1v) is 10.8. The van der Waals surface area contributed by atoms with Gasteiger partial charge in [0, 0.05) is 31.1 Å². The fraction of sp³-hybridized carbons (Fsp3) is 0.579. The number of nitrogens with one attached hydrogen (secondary N) is 1. The van der Waals surface area contributed by atoms with Crippen LogP contribution < -0.4 is 19.1 Å². The fourth-order valence-electron chi connectivity index (χ4n) is 3.60. The van der Waals surface area contributed by atoms with Gasteiger partial charge < -0.3 is 14.4 Å². The monoisotopic (exact) mass is 408 g/mol. The lowest BCUT2D eigenvalue weighted by Gasteiger charge is -2.33. The van der Waals surface area contributed by atoms with Gasteiger partial charge in [-0.05, 0) is 45.1 Å². The fourth-order valence-corrected chi connectivity index (χ4v) is 3.91. The van der Waals surface area contributed by atoms with E-state index in [4.69, 9.17) is 9.47 Å². The minimum atomic E-state index is -2.51. The Balaban J connectivity index is 1.78. The van der Waals surface area contributed by atoms with Crippen LogP contribution in [-0.2, 0) is 10.9 Å². The van der Waals surface area contributed by atoms with Gasteiger partial charge in [-0.15, -0.1) is 0 Å². The first-order chi connectivity index (χ1) is 13.5. The van der Waals surface area contributed by atoms with Crippen molar-refractivity contribution in [2.75, 3.05) is 31.6 Å². The van der Waals surface area contributed by atoms with Crippen LogP contribution in [0.2, 0.25) is 0 Å². The average Bonchev–Trinajstić information content (AvgIpc) is 2.67. The van der Waals surface area contributed by atoms with E-state index in [1.807, 2.05) is 26.0 Å². The number of aromatic nitrogens is 2. The van der Waals surface area contributed by atoms with Crippen LogP contribution in [-0.4, -0.2) is 51.2 Å². The largest absolute Gasteiger partial charge is 0.493 e. The normalized spacial score (nSPS) is 15.5. The topological polar surface area (TPSA) is 93.7 Å². The summed E-state index contributed by atoms with van der Waals surface area (Å²) in [5.74, 6) is 2.77. The van der Waals surface area contributed by atoms with E-state index in [1.54, 1.807) is 13.4 Å². The summed E-state index contributed by atoms with van der Waals surface area (Å²) < 4.78 is 35.1. The van der Waals surface area contributed by atoms with Crippen molar-refractivity contribution < 1.29 is 17.9 Å². The Morgan fingerprint density at radius 2 is 1.96 bits per heavy atom. The number of thiol groups is 1. The molecule has 0 spiro atoms. The molecule has 1 N–H and O–H groups in total. The Bertz CT molecular complexity index is 872. The van der Waals surface area contributed by atoms with Crippen molar-refractivity contribution in [3.05, 3.63) is 18.5 Å². The smallest absolute Gasteiger partial charge is 0.201 e. The molecule has 2 aromatic rings. The van der Waals surface area contributed by atoms with Crippen LogP contribution in [0.15, 0.2) is 18.5 Å². The van der Waals surface area contributed by atoms with E-state index in [2.05, 4.69) is 19.6 Å². The third-order valence-corrected chi connectivity index (χ3v) is 5.45. The molecule has 2 heterocycles. The van der Waals surface area contributed by atoms with Crippen LogP contribution in [0.3, 0.4) is 0 Å². The summed E-state index contributed by atoms with van der Waals surface area (Å²) >= 11 is 0. The second kappa shape index (κ2) is 9.38. The molecule has 1 aliphatic heterocycles. The zero-order valence-corrected chi connectivity index (χ0v) is 17.4. The van der Waals surface area contributed by atoms with Crippen molar-refractivity contribution in [2.24, 2.45) is 5.92 Å². The molecular formula is C19H28N4O4S. The lowest BCUT2D eigenvalue weighted by Crippen LogP contribution is -2.35. The number of hydrogen-bond donors (Lipinski definition) is 2. The number of rotatable bonds is 8. The number of fused-ring (bicyclic) bond motifs is 1. The van der Waals surface area contributed by atoms with Crippen molar-refractivity contribution in [3.8, 4) is 11.5 Å². The van der Waals surface area contributed by atoms with Crippen LogP contribution in [0.4, 0.5) is 5.82 Å². The van der Waals surface area contributed by atoms with E-state index in [1.165, 1.54) is 0 Å². The summed E-state index contributed by atoms with van der Waals surface area (Å²) in [5, 5.41) is 0.947. The summed E-state index contributed by atoms with van der Waals surface area (Å²) in [6.07, 6.45) is 4.50. The van der Waals surface area contributed by atoms with Crippen molar-refractivity contribution in [3.63, 3.8) is 0 Å². The third kappa shape index (κ3) is 5.02. The van der Waals surface area contributed by atoms with Gasteiger partial charge in [-0.3, -0.25) is 0 Å². The molecule has 0 amide bonds. The van der Waals surface area contributed by atoms with Crippen LogP contribution in [0.25, 0.3) is 10.9 Å². The van der Waals surface area contributed by atoms with E-state index in [0.29, 0.717) is 24.0 Å². The Morgan fingerprint density at radius 1 is 1.21 bits per heavy atom.